The molecule has 0 bridgehead atoms. The van der Waals surface area contributed by atoms with Gasteiger partial charge in [-0.05, 0) is 43.0 Å². The van der Waals surface area contributed by atoms with Gasteiger partial charge in [-0.15, -0.1) is 0 Å². The molecule has 5 nitrogen and oxygen atoms in total. The molecule has 2 amide bonds. The molecule has 0 atom stereocenters. The minimum atomic E-state index is 0.0247. The first kappa shape index (κ1) is 20.6. The van der Waals surface area contributed by atoms with E-state index in [0.29, 0.717) is 32.5 Å². The Bertz CT molecular complexity index is 797. The summed E-state index contributed by atoms with van der Waals surface area (Å²) in [7, 11) is 0. The first-order valence-electron chi connectivity index (χ1n) is 10.2. The molecule has 2 aromatic carbocycles. The first-order valence-corrected chi connectivity index (χ1v) is 10.2. The van der Waals surface area contributed by atoms with Crippen LogP contribution in [0, 0.1) is 0 Å². The van der Waals surface area contributed by atoms with Gasteiger partial charge in [0.1, 0.15) is 5.75 Å². The zero-order chi connectivity index (χ0) is 20.3. The smallest absolute Gasteiger partial charge is 0.246 e. The van der Waals surface area contributed by atoms with E-state index >= 15 is 0 Å². The average Bonchev–Trinajstić information content (AvgIpc) is 2.77. The van der Waals surface area contributed by atoms with Crippen molar-refractivity contribution in [1.29, 1.82) is 0 Å². The summed E-state index contributed by atoms with van der Waals surface area (Å²) in [6.07, 6.45) is 6.18. The number of ether oxygens (including phenoxy) is 1. The first-order chi connectivity index (χ1) is 14.2. The number of carbonyl (C=O) groups is 2. The summed E-state index contributed by atoms with van der Waals surface area (Å²) in [4.78, 5) is 26.3. The summed E-state index contributed by atoms with van der Waals surface area (Å²) in [5, 5.41) is 3.08. The van der Waals surface area contributed by atoms with Crippen molar-refractivity contribution in [3.05, 3.63) is 72.3 Å². The normalized spacial score (nSPS) is 14.7. The minimum Gasteiger partial charge on any atom is -0.494 e. The van der Waals surface area contributed by atoms with Gasteiger partial charge in [0, 0.05) is 31.6 Å². The van der Waals surface area contributed by atoms with Gasteiger partial charge >= 0.3 is 0 Å². The summed E-state index contributed by atoms with van der Waals surface area (Å²) in [6, 6.07) is 19.5. The van der Waals surface area contributed by atoms with Crippen LogP contribution in [0.1, 0.15) is 31.2 Å². The number of nitrogens with zero attached hydrogens (tertiary/aromatic N) is 1. The van der Waals surface area contributed by atoms with Crippen LogP contribution in [0.25, 0.3) is 6.08 Å². The fourth-order valence-electron chi connectivity index (χ4n) is 3.32. The maximum atomic E-state index is 12.3. The maximum Gasteiger partial charge on any atom is 0.246 e. The zero-order valence-corrected chi connectivity index (χ0v) is 16.6. The lowest BCUT2D eigenvalue weighted by atomic mass is 10.0. The molecule has 0 aliphatic carbocycles. The molecule has 1 aliphatic heterocycles. The second-order valence-corrected chi connectivity index (χ2v) is 7.18. The van der Waals surface area contributed by atoms with Crippen LogP contribution in [0.4, 0.5) is 0 Å². The van der Waals surface area contributed by atoms with E-state index in [0.717, 1.165) is 24.2 Å². The van der Waals surface area contributed by atoms with Crippen molar-refractivity contribution in [2.75, 3.05) is 19.7 Å². The number of hydrogen-bond acceptors (Lipinski definition) is 3. The van der Waals surface area contributed by atoms with E-state index in [9.17, 15) is 9.59 Å². The predicted molar refractivity (Wildman–Crippen MR) is 114 cm³/mol. The second kappa shape index (κ2) is 11.1. The van der Waals surface area contributed by atoms with Crippen molar-refractivity contribution in [2.45, 2.75) is 31.7 Å². The highest BCUT2D eigenvalue weighted by Crippen LogP contribution is 2.13. The third-order valence-corrected chi connectivity index (χ3v) is 4.95. The van der Waals surface area contributed by atoms with E-state index in [1.54, 1.807) is 6.08 Å². The Morgan fingerprint density at radius 3 is 2.34 bits per heavy atom. The number of nitrogens with one attached hydrogen (secondary N) is 1. The Kier molecular flexibility index (Phi) is 7.87. The van der Waals surface area contributed by atoms with E-state index in [-0.39, 0.29) is 17.9 Å². The van der Waals surface area contributed by atoms with Crippen molar-refractivity contribution in [1.82, 2.24) is 10.2 Å². The molecule has 0 unspecified atom stereocenters. The molecule has 0 aromatic heterocycles. The van der Waals surface area contributed by atoms with Crippen molar-refractivity contribution < 1.29 is 14.3 Å². The van der Waals surface area contributed by atoms with Gasteiger partial charge in [0.2, 0.25) is 11.8 Å². The van der Waals surface area contributed by atoms with Crippen LogP contribution in [-0.2, 0) is 9.59 Å². The maximum absolute atomic E-state index is 12.3. The summed E-state index contributed by atoms with van der Waals surface area (Å²) >= 11 is 0. The van der Waals surface area contributed by atoms with Crippen LogP contribution in [-0.4, -0.2) is 42.5 Å². The largest absolute Gasteiger partial charge is 0.494 e. The fourth-order valence-corrected chi connectivity index (χ4v) is 3.32. The van der Waals surface area contributed by atoms with Gasteiger partial charge in [0.05, 0.1) is 6.61 Å². The van der Waals surface area contributed by atoms with E-state index in [1.165, 1.54) is 0 Å². The Labute approximate surface area is 172 Å². The molecular weight excluding hydrogens is 364 g/mol. The van der Waals surface area contributed by atoms with E-state index in [1.807, 2.05) is 71.6 Å². The number of carbonyl (C=O) groups excluding carboxylic acids is 2. The second-order valence-electron chi connectivity index (χ2n) is 7.18. The quantitative estimate of drug-likeness (QED) is 0.551. The van der Waals surface area contributed by atoms with Gasteiger partial charge in [-0.3, -0.25) is 9.59 Å². The Morgan fingerprint density at radius 1 is 1.00 bits per heavy atom. The predicted octanol–water partition coefficient (Wildman–Crippen LogP) is 3.67. The molecule has 1 heterocycles. The van der Waals surface area contributed by atoms with Gasteiger partial charge in [0.25, 0.3) is 0 Å². The van der Waals surface area contributed by atoms with Crippen molar-refractivity contribution >= 4 is 17.9 Å². The zero-order valence-electron chi connectivity index (χ0n) is 16.6. The lowest BCUT2D eigenvalue weighted by Gasteiger charge is -2.31. The molecule has 5 heteroatoms. The van der Waals surface area contributed by atoms with Crippen molar-refractivity contribution in [2.24, 2.45) is 0 Å². The van der Waals surface area contributed by atoms with E-state index in [2.05, 4.69) is 5.32 Å². The summed E-state index contributed by atoms with van der Waals surface area (Å²) in [5.41, 5.74) is 1.01. The van der Waals surface area contributed by atoms with Crippen LogP contribution in [0.5, 0.6) is 5.75 Å². The van der Waals surface area contributed by atoms with Crippen molar-refractivity contribution in [3.63, 3.8) is 0 Å². The number of para-hydroxylation sites is 1. The fraction of sp³-hybridized carbons (Fsp3) is 0.333. The number of hydrogen-bond donors (Lipinski definition) is 1. The van der Waals surface area contributed by atoms with Crippen LogP contribution in [0.2, 0.25) is 0 Å². The Hall–Kier alpha value is -3.08. The highest BCUT2D eigenvalue weighted by Gasteiger charge is 2.22. The molecule has 1 fully saturated rings. The van der Waals surface area contributed by atoms with Gasteiger partial charge in [-0.1, -0.05) is 48.5 Å². The van der Waals surface area contributed by atoms with E-state index in [4.69, 9.17) is 4.74 Å². The van der Waals surface area contributed by atoms with E-state index < -0.39 is 0 Å². The molecule has 0 radical (unpaired) electrons. The molecule has 1 aliphatic rings. The molecular formula is C24H28N2O3. The summed E-state index contributed by atoms with van der Waals surface area (Å²) < 4.78 is 5.61. The average molecular weight is 392 g/mol. The minimum absolute atomic E-state index is 0.0247. The number of likely N-dealkylation sites (tertiary alicyclic amines) is 1. The summed E-state index contributed by atoms with van der Waals surface area (Å²) in [5.74, 6) is 0.901. The molecule has 0 saturated carbocycles. The van der Waals surface area contributed by atoms with Crippen LogP contribution >= 0.6 is 0 Å². The Balaban J connectivity index is 1.31. The molecule has 2 aromatic rings. The topological polar surface area (TPSA) is 58.6 Å². The van der Waals surface area contributed by atoms with Gasteiger partial charge in [0.15, 0.2) is 0 Å². The Morgan fingerprint density at radius 2 is 1.66 bits per heavy atom. The SMILES string of the molecule is O=C(CCCOc1ccccc1)NC1CCN(C(=O)/C=C/c2ccccc2)CC1. The van der Waals surface area contributed by atoms with Crippen LogP contribution in [0.3, 0.4) is 0 Å². The van der Waals surface area contributed by atoms with Gasteiger partial charge in [-0.2, -0.15) is 0 Å². The molecule has 29 heavy (non-hydrogen) atoms. The van der Waals surface area contributed by atoms with Gasteiger partial charge < -0.3 is 15.0 Å². The molecule has 0 spiro atoms. The third kappa shape index (κ3) is 7.11. The lowest BCUT2D eigenvalue weighted by Crippen LogP contribution is -2.46. The van der Waals surface area contributed by atoms with Crippen LogP contribution in [0.15, 0.2) is 66.7 Å². The summed E-state index contributed by atoms with van der Waals surface area (Å²) in [6.45, 7) is 1.86. The monoisotopic (exact) mass is 392 g/mol. The molecule has 3 rings (SSSR count). The van der Waals surface area contributed by atoms with Gasteiger partial charge in [-0.25, -0.2) is 0 Å². The number of amides is 2. The molecule has 1 saturated heterocycles. The standard InChI is InChI=1S/C24H28N2O3/c27-23(12-7-19-29-22-10-5-2-6-11-22)25-21-15-17-26(18-16-21)24(28)14-13-20-8-3-1-4-9-20/h1-6,8-11,13-14,21H,7,12,15-19H2,(H,25,27)/b14-13+. The molecule has 1 N–H and O–H groups in total. The number of rotatable bonds is 8. The lowest BCUT2D eigenvalue weighted by molar-refractivity contribution is -0.127. The number of benzene rings is 2. The molecule has 152 valence electrons. The number of piperidine rings is 1. The highest BCUT2D eigenvalue weighted by molar-refractivity contribution is 5.91. The van der Waals surface area contributed by atoms with Crippen LogP contribution < -0.4 is 10.1 Å². The third-order valence-electron chi connectivity index (χ3n) is 4.95. The highest BCUT2D eigenvalue weighted by atomic mass is 16.5. The van der Waals surface area contributed by atoms with Crippen molar-refractivity contribution in [3.8, 4) is 5.75 Å².